The number of nitrogens with one attached hydrogen (secondary N) is 2. The number of hydrogen-bond donors (Lipinski definition) is 4. The molecule has 6 nitrogen and oxygen atoms in total. The number of amides is 3. The summed E-state index contributed by atoms with van der Waals surface area (Å²) in [5, 5.41) is 5.02. The van der Waals surface area contributed by atoms with Crippen molar-refractivity contribution in [3.8, 4) is 0 Å². The Bertz CT molecular complexity index is 411. The van der Waals surface area contributed by atoms with Gasteiger partial charge in [0.1, 0.15) is 0 Å². The van der Waals surface area contributed by atoms with Crippen LogP contribution in [0.1, 0.15) is 15.9 Å². The predicted octanol–water partition coefficient (Wildman–Crippen LogP) is -0.0247. The molecule has 0 unspecified atom stereocenters. The molecule has 0 fully saturated rings. The molecule has 0 aliphatic carbocycles. The summed E-state index contributed by atoms with van der Waals surface area (Å²) in [5.41, 5.74) is 12.5. The van der Waals surface area contributed by atoms with E-state index in [0.29, 0.717) is 24.3 Å². The zero-order chi connectivity index (χ0) is 12.8. The first kappa shape index (κ1) is 12.8. The van der Waals surface area contributed by atoms with Crippen molar-refractivity contribution in [3.63, 3.8) is 0 Å². The summed E-state index contributed by atoms with van der Waals surface area (Å²) in [7, 11) is 0. The van der Waals surface area contributed by atoms with Crippen LogP contribution in [0.3, 0.4) is 0 Å². The zero-order valence-corrected chi connectivity index (χ0v) is 9.62. The topological polar surface area (TPSA) is 110 Å². The Morgan fingerprint density at radius 3 is 2.41 bits per heavy atom. The Hall–Kier alpha value is -2.24. The van der Waals surface area contributed by atoms with Gasteiger partial charge in [0.25, 0.3) is 5.91 Å². The van der Waals surface area contributed by atoms with Gasteiger partial charge in [-0.3, -0.25) is 4.79 Å². The number of carbonyl (C=O) groups is 2. The average molecular weight is 236 g/mol. The third kappa shape index (κ3) is 4.42. The fraction of sp³-hybridized carbons (Fsp3) is 0.273. The second-order valence-corrected chi connectivity index (χ2v) is 3.68. The van der Waals surface area contributed by atoms with Crippen LogP contribution in [0.4, 0.5) is 10.5 Å². The van der Waals surface area contributed by atoms with E-state index in [1.54, 1.807) is 18.2 Å². The number of carbonyl (C=O) groups excluding carboxylic acids is 2. The van der Waals surface area contributed by atoms with Gasteiger partial charge in [-0.2, -0.15) is 0 Å². The largest absolute Gasteiger partial charge is 0.399 e. The van der Waals surface area contributed by atoms with Gasteiger partial charge < -0.3 is 22.1 Å². The van der Waals surface area contributed by atoms with Crippen LogP contribution in [0.5, 0.6) is 0 Å². The smallest absolute Gasteiger partial charge is 0.312 e. The zero-order valence-electron chi connectivity index (χ0n) is 9.62. The molecule has 0 bridgehead atoms. The van der Waals surface area contributed by atoms with Crippen molar-refractivity contribution in [2.45, 2.75) is 6.92 Å². The van der Waals surface area contributed by atoms with E-state index in [9.17, 15) is 9.59 Å². The molecule has 0 saturated heterocycles. The van der Waals surface area contributed by atoms with Gasteiger partial charge in [-0.05, 0) is 30.7 Å². The number of urea groups is 1. The summed E-state index contributed by atoms with van der Waals surface area (Å²) < 4.78 is 0. The molecule has 92 valence electrons. The van der Waals surface area contributed by atoms with Crippen LogP contribution in [-0.2, 0) is 0 Å². The van der Waals surface area contributed by atoms with E-state index in [1.165, 1.54) is 0 Å². The first-order chi connectivity index (χ1) is 7.99. The number of hydrogen-bond acceptors (Lipinski definition) is 3. The molecule has 1 rings (SSSR count). The lowest BCUT2D eigenvalue weighted by Crippen LogP contribution is -2.37. The maximum Gasteiger partial charge on any atom is 0.312 e. The molecule has 0 aromatic heterocycles. The van der Waals surface area contributed by atoms with Gasteiger partial charge in [-0.15, -0.1) is 0 Å². The van der Waals surface area contributed by atoms with Gasteiger partial charge >= 0.3 is 6.03 Å². The fourth-order valence-corrected chi connectivity index (χ4v) is 1.41. The van der Waals surface area contributed by atoms with E-state index < -0.39 is 6.03 Å². The number of rotatable bonds is 4. The average Bonchev–Trinajstić information content (AvgIpc) is 2.22. The Labute approximate surface area is 99.4 Å². The van der Waals surface area contributed by atoms with Crippen LogP contribution in [0.15, 0.2) is 18.2 Å². The van der Waals surface area contributed by atoms with Gasteiger partial charge in [0.05, 0.1) is 0 Å². The maximum absolute atomic E-state index is 11.7. The van der Waals surface area contributed by atoms with E-state index in [0.717, 1.165) is 5.56 Å². The van der Waals surface area contributed by atoms with Crippen LogP contribution >= 0.6 is 0 Å². The number of aryl methyl sites for hydroxylation is 1. The van der Waals surface area contributed by atoms with Crippen molar-refractivity contribution in [2.24, 2.45) is 5.73 Å². The normalized spacial score (nSPS) is 9.71. The predicted molar refractivity (Wildman–Crippen MR) is 65.5 cm³/mol. The monoisotopic (exact) mass is 236 g/mol. The third-order valence-electron chi connectivity index (χ3n) is 2.07. The fourth-order valence-electron chi connectivity index (χ4n) is 1.41. The summed E-state index contributed by atoms with van der Waals surface area (Å²) >= 11 is 0. The molecule has 0 aliphatic heterocycles. The molecule has 6 N–H and O–H groups in total. The Balaban J connectivity index is 2.49. The highest BCUT2D eigenvalue weighted by molar-refractivity contribution is 5.95. The number of nitrogens with two attached hydrogens (primary N) is 2. The van der Waals surface area contributed by atoms with Gasteiger partial charge in [-0.25, -0.2) is 4.79 Å². The highest BCUT2D eigenvalue weighted by Crippen LogP contribution is 2.10. The molecule has 0 aliphatic rings. The van der Waals surface area contributed by atoms with Crippen LogP contribution in [0.25, 0.3) is 0 Å². The van der Waals surface area contributed by atoms with Crippen molar-refractivity contribution in [1.29, 1.82) is 0 Å². The van der Waals surface area contributed by atoms with E-state index in [4.69, 9.17) is 11.5 Å². The van der Waals surface area contributed by atoms with Crippen LogP contribution in [0, 0.1) is 6.92 Å². The summed E-state index contributed by atoms with van der Waals surface area (Å²) in [4.78, 5) is 22.1. The molecule has 0 spiro atoms. The lowest BCUT2D eigenvalue weighted by Gasteiger charge is -2.07. The Morgan fingerprint density at radius 2 is 1.82 bits per heavy atom. The number of anilines is 1. The second kappa shape index (κ2) is 5.74. The maximum atomic E-state index is 11.7. The van der Waals surface area contributed by atoms with Crippen molar-refractivity contribution >= 4 is 17.6 Å². The summed E-state index contributed by atoms with van der Waals surface area (Å²) in [6.07, 6.45) is 0. The molecule has 1 aromatic carbocycles. The molecule has 0 saturated carbocycles. The quantitative estimate of drug-likeness (QED) is 0.435. The minimum atomic E-state index is -0.612. The van der Waals surface area contributed by atoms with Crippen LogP contribution < -0.4 is 22.1 Å². The molecule has 1 aromatic rings. The second-order valence-electron chi connectivity index (χ2n) is 3.68. The highest BCUT2D eigenvalue weighted by Gasteiger charge is 2.06. The lowest BCUT2D eigenvalue weighted by molar-refractivity contribution is 0.0954. The summed E-state index contributed by atoms with van der Waals surface area (Å²) in [6.45, 7) is 2.47. The molecule has 0 radical (unpaired) electrons. The van der Waals surface area contributed by atoms with Gasteiger partial charge in [-0.1, -0.05) is 0 Å². The van der Waals surface area contributed by atoms with Crippen LogP contribution in [0.2, 0.25) is 0 Å². The van der Waals surface area contributed by atoms with Gasteiger partial charge in [0.2, 0.25) is 0 Å². The molecule has 0 atom stereocenters. The standard InChI is InChI=1S/C11H16N4O2/c1-7-4-8(6-9(12)5-7)10(16)14-2-3-15-11(13)17/h4-6H,2-3,12H2,1H3,(H,14,16)(H3,13,15,17). The number of primary amides is 1. The Kier molecular flexibility index (Phi) is 4.33. The Morgan fingerprint density at radius 1 is 1.18 bits per heavy atom. The lowest BCUT2D eigenvalue weighted by atomic mass is 10.1. The summed E-state index contributed by atoms with van der Waals surface area (Å²) in [5.74, 6) is -0.230. The number of nitrogen functional groups attached to an aromatic ring is 1. The molecule has 17 heavy (non-hydrogen) atoms. The molecule has 3 amide bonds. The SMILES string of the molecule is Cc1cc(N)cc(C(=O)NCCNC(N)=O)c1. The minimum absolute atomic E-state index is 0.230. The van der Waals surface area contributed by atoms with Crippen molar-refractivity contribution in [3.05, 3.63) is 29.3 Å². The molecule has 6 heteroatoms. The third-order valence-corrected chi connectivity index (χ3v) is 2.07. The highest BCUT2D eigenvalue weighted by atomic mass is 16.2. The minimum Gasteiger partial charge on any atom is -0.399 e. The number of benzene rings is 1. The van der Waals surface area contributed by atoms with Crippen molar-refractivity contribution in [2.75, 3.05) is 18.8 Å². The van der Waals surface area contributed by atoms with Crippen molar-refractivity contribution in [1.82, 2.24) is 10.6 Å². The first-order valence-electron chi connectivity index (χ1n) is 5.17. The molecular formula is C11H16N4O2. The van der Waals surface area contributed by atoms with E-state index in [-0.39, 0.29) is 5.91 Å². The first-order valence-corrected chi connectivity index (χ1v) is 5.17. The van der Waals surface area contributed by atoms with Crippen molar-refractivity contribution < 1.29 is 9.59 Å². The summed E-state index contributed by atoms with van der Waals surface area (Å²) in [6, 6.07) is 4.52. The van der Waals surface area contributed by atoms with Gasteiger partial charge in [0.15, 0.2) is 0 Å². The van der Waals surface area contributed by atoms with E-state index >= 15 is 0 Å². The van der Waals surface area contributed by atoms with E-state index in [2.05, 4.69) is 10.6 Å². The van der Waals surface area contributed by atoms with Crippen LogP contribution in [-0.4, -0.2) is 25.0 Å². The molecular weight excluding hydrogens is 220 g/mol. The molecule has 0 heterocycles. The van der Waals surface area contributed by atoms with Gasteiger partial charge in [0, 0.05) is 24.3 Å². The van der Waals surface area contributed by atoms with E-state index in [1.807, 2.05) is 6.92 Å².